The van der Waals surface area contributed by atoms with Crippen molar-refractivity contribution in [3.05, 3.63) is 35.9 Å². The number of nitrogens with zero attached hydrogens (tertiary/aromatic N) is 1. The van der Waals surface area contributed by atoms with Crippen molar-refractivity contribution in [2.75, 3.05) is 33.3 Å². The van der Waals surface area contributed by atoms with Crippen LogP contribution in [0.2, 0.25) is 0 Å². The van der Waals surface area contributed by atoms with E-state index >= 15 is 0 Å². The number of hydrogen-bond acceptors (Lipinski definition) is 4. The zero-order valence-corrected chi connectivity index (χ0v) is 12.6. The summed E-state index contributed by atoms with van der Waals surface area (Å²) in [5.41, 5.74) is 1.05. The molecule has 3 atom stereocenters. The summed E-state index contributed by atoms with van der Waals surface area (Å²) in [6.07, 6.45) is 2.54. The van der Waals surface area contributed by atoms with Crippen LogP contribution in [0, 0.1) is 5.92 Å². The Morgan fingerprint density at radius 1 is 1.38 bits per heavy atom. The first kappa shape index (κ1) is 14.5. The van der Waals surface area contributed by atoms with Gasteiger partial charge in [-0.15, -0.1) is 0 Å². The molecule has 2 heterocycles. The van der Waals surface area contributed by atoms with Gasteiger partial charge in [0.2, 0.25) is 0 Å². The van der Waals surface area contributed by atoms with E-state index in [1.54, 1.807) is 0 Å². The number of likely N-dealkylation sites (tertiary alicyclic amines) is 1. The molecule has 0 amide bonds. The number of carbonyl (C=O) groups excluding carboxylic acids is 1. The minimum absolute atomic E-state index is 0.130. The third kappa shape index (κ3) is 3.11. The van der Waals surface area contributed by atoms with E-state index in [9.17, 15) is 4.79 Å². The molecule has 2 aliphatic heterocycles. The Kier molecular flexibility index (Phi) is 4.56. The van der Waals surface area contributed by atoms with Crippen LogP contribution in [0.5, 0.6) is 0 Å². The third-order valence-electron chi connectivity index (χ3n) is 4.90. The van der Waals surface area contributed by atoms with Crippen LogP contribution in [0.3, 0.4) is 0 Å². The first-order valence-corrected chi connectivity index (χ1v) is 7.87. The maximum absolute atomic E-state index is 12.2. The van der Waals surface area contributed by atoms with Gasteiger partial charge < -0.3 is 10.1 Å². The summed E-state index contributed by atoms with van der Waals surface area (Å²) in [5.74, 6) is 0.428. The van der Waals surface area contributed by atoms with Gasteiger partial charge in [0.25, 0.3) is 0 Å². The molecule has 1 aromatic rings. The molecule has 0 aromatic heterocycles. The van der Waals surface area contributed by atoms with E-state index in [0.717, 1.165) is 37.7 Å². The summed E-state index contributed by atoms with van der Waals surface area (Å²) in [5, 5.41) is 3.49. The molecule has 2 saturated heterocycles. The quantitative estimate of drug-likeness (QED) is 0.855. The standard InChI is InChI=1S/C17H24N2O2/c1-21-17(20)15(13-6-3-2-4-7-13)12-19-9-5-8-14-10-18-11-16(14)19/h2-4,6-7,14-16,18H,5,8-12H2,1H3. The largest absolute Gasteiger partial charge is 0.469 e. The fourth-order valence-electron chi connectivity index (χ4n) is 3.77. The highest BCUT2D eigenvalue weighted by Crippen LogP contribution is 2.29. The van der Waals surface area contributed by atoms with E-state index in [1.807, 2.05) is 30.3 Å². The van der Waals surface area contributed by atoms with Crippen LogP contribution in [0.1, 0.15) is 24.3 Å². The molecule has 1 N–H and O–H groups in total. The lowest BCUT2D eigenvalue weighted by Gasteiger charge is -2.38. The van der Waals surface area contributed by atoms with E-state index in [0.29, 0.717) is 6.04 Å². The van der Waals surface area contributed by atoms with Crippen LogP contribution >= 0.6 is 0 Å². The first-order chi connectivity index (χ1) is 10.3. The van der Waals surface area contributed by atoms with Crippen LogP contribution in [0.25, 0.3) is 0 Å². The maximum atomic E-state index is 12.2. The minimum Gasteiger partial charge on any atom is -0.469 e. The van der Waals surface area contributed by atoms with Gasteiger partial charge in [-0.3, -0.25) is 9.69 Å². The Balaban J connectivity index is 1.76. The van der Waals surface area contributed by atoms with Crippen molar-refractivity contribution in [3.8, 4) is 0 Å². The molecule has 0 spiro atoms. The number of hydrogen-bond donors (Lipinski definition) is 1. The molecule has 3 unspecified atom stereocenters. The van der Waals surface area contributed by atoms with Crippen molar-refractivity contribution >= 4 is 5.97 Å². The van der Waals surface area contributed by atoms with E-state index in [-0.39, 0.29) is 11.9 Å². The van der Waals surface area contributed by atoms with Gasteiger partial charge in [-0.05, 0) is 37.4 Å². The van der Waals surface area contributed by atoms with Gasteiger partial charge in [-0.1, -0.05) is 30.3 Å². The molecule has 4 heteroatoms. The molecular weight excluding hydrogens is 264 g/mol. The molecule has 1 aromatic carbocycles. The lowest BCUT2D eigenvalue weighted by molar-refractivity contribution is -0.143. The zero-order valence-electron chi connectivity index (χ0n) is 12.6. The lowest BCUT2D eigenvalue weighted by atomic mass is 9.90. The lowest BCUT2D eigenvalue weighted by Crippen LogP contribution is -2.47. The van der Waals surface area contributed by atoms with Crippen molar-refractivity contribution in [2.45, 2.75) is 24.8 Å². The van der Waals surface area contributed by atoms with E-state index in [4.69, 9.17) is 4.74 Å². The smallest absolute Gasteiger partial charge is 0.314 e. The molecule has 114 valence electrons. The maximum Gasteiger partial charge on any atom is 0.314 e. The van der Waals surface area contributed by atoms with Gasteiger partial charge >= 0.3 is 5.97 Å². The molecule has 0 aliphatic carbocycles. The number of benzene rings is 1. The first-order valence-electron chi connectivity index (χ1n) is 7.87. The Hall–Kier alpha value is -1.39. The highest BCUT2D eigenvalue weighted by atomic mass is 16.5. The number of rotatable bonds is 4. The fraction of sp³-hybridized carbons (Fsp3) is 0.588. The predicted molar refractivity (Wildman–Crippen MR) is 82.2 cm³/mol. The number of ether oxygens (including phenoxy) is 1. The van der Waals surface area contributed by atoms with Gasteiger partial charge in [0.1, 0.15) is 0 Å². The second kappa shape index (κ2) is 6.58. The van der Waals surface area contributed by atoms with Crippen molar-refractivity contribution in [3.63, 3.8) is 0 Å². The monoisotopic (exact) mass is 288 g/mol. The Labute approximate surface area is 126 Å². The van der Waals surface area contributed by atoms with Crippen molar-refractivity contribution in [1.29, 1.82) is 0 Å². The summed E-state index contributed by atoms with van der Waals surface area (Å²) in [6.45, 7) is 4.02. The third-order valence-corrected chi connectivity index (χ3v) is 4.90. The highest BCUT2D eigenvalue weighted by Gasteiger charge is 2.37. The van der Waals surface area contributed by atoms with Crippen LogP contribution < -0.4 is 5.32 Å². The number of carbonyl (C=O) groups is 1. The van der Waals surface area contributed by atoms with E-state index in [1.165, 1.54) is 20.0 Å². The molecule has 3 rings (SSSR count). The Morgan fingerprint density at radius 2 is 2.19 bits per heavy atom. The Morgan fingerprint density at radius 3 is 2.95 bits per heavy atom. The number of methoxy groups -OCH3 is 1. The van der Waals surface area contributed by atoms with Crippen molar-refractivity contribution < 1.29 is 9.53 Å². The summed E-state index contributed by atoms with van der Waals surface area (Å²) in [4.78, 5) is 14.7. The van der Waals surface area contributed by atoms with Crippen LogP contribution in [-0.2, 0) is 9.53 Å². The summed E-state index contributed by atoms with van der Waals surface area (Å²) in [7, 11) is 1.48. The number of nitrogens with one attached hydrogen (secondary N) is 1. The fourth-order valence-corrected chi connectivity index (χ4v) is 3.77. The SMILES string of the molecule is COC(=O)C(CN1CCCC2CNCC21)c1ccccc1. The summed E-state index contributed by atoms with van der Waals surface area (Å²) in [6, 6.07) is 10.6. The molecule has 0 saturated carbocycles. The van der Waals surface area contributed by atoms with Crippen LogP contribution in [0.15, 0.2) is 30.3 Å². The molecular formula is C17H24N2O2. The van der Waals surface area contributed by atoms with Gasteiger partial charge in [-0.2, -0.15) is 0 Å². The van der Waals surface area contributed by atoms with Crippen molar-refractivity contribution in [1.82, 2.24) is 10.2 Å². The normalized spacial score (nSPS) is 27.1. The topological polar surface area (TPSA) is 41.6 Å². The van der Waals surface area contributed by atoms with Gasteiger partial charge in [-0.25, -0.2) is 0 Å². The van der Waals surface area contributed by atoms with Gasteiger partial charge in [0.15, 0.2) is 0 Å². The van der Waals surface area contributed by atoms with Crippen molar-refractivity contribution in [2.24, 2.45) is 5.92 Å². The van der Waals surface area contributed by atoms with Gasteiger partial charge in [0.05, 0.1) is 13.0 Å². The average molecular weight is 288 g/mol. The van der Waals surface area contributed by atoms with E-state index < -0.39 is 0 Å². The molecule has 2 fully saturated rings. The zero-order chi connectivity index (χ0) is 14.7. The molecule has 21 heavy (non-hydrogen) atoms. The molecule has 4 nitrogen and oxygen atoms in total. The van der Waals surface area contributed by atoms with E-state index in [2.05, 4.69) is 10.2 Å². The number of piperidine rings is 1. The summed E-state index contributed by atoms with van der Waals surface area (Å²) < 4.78 is 5.04. The van der Waals surface area contributed by atoms with Crippen LogP contribution in [0.4, 0.5) is 0 Å². The van der Waals surface area contributed by atoms with Gasteiger partial charge in [0, 0.05) is 19.1 Å². The molecule has 2 aliphatic rings. The van der Waals surface area contributed by atoms with Crippen LogP contribution in [-0.4, -0.2) is 50.2 Å². The molecule has 0 radical (unpaired) electrons. The average Bonchev–Trinajstić information content (AvgIpc) is 3.02. The molecule has 0 bridgehead atoms. The minimum atomic E-state index is -0.185. The second-order valence-electron chi connectivity index (χ2n) is 6.11. The number of esters is 1. The number of fused-ring (bicyclic) bond motifs is 1. The predicted octanol–water partition coefficient (Wildman–Crippen LogP) is 1.63. The second-order valence-corrected chi connectivity index (χ2v) is 6.11. The highest BCUT2D eigenvalue weighted by molar-refractivity contribution is 5.78. The Bertz CT molecular complexity index is 477. The summed E-state index contributed by atoms with van der Waals surface area (Å²) >= 11 is 0.